The minimum Gasteiger partial charge on any atom is -0.338 e. The molecule has 7 nitrogen and oxygen atoms in total. The Balaban J connectivity index is 1.44. The van der Waals surface area contributed by atoms with Gasteiger partial charge in [0.2, 0.25) is 0 Å². The third-order valence-corrected chi connectivity index (χ3v) is 5.70. The summed E-state index contributed by atoms with van der Waals surface area (Å²) < 4.78 is 3.69. The van der Waals surface area contributed by atoms with Crippen LogP contribution in [0.3, 0.4) is 0 Å². The Labute approximate surface area is 168 Å². The molecule has 1 aromatic carbocycles. The maximum Gasteiger partial charge on any atom is 0.257 e. The van der Waals surface area contributed by atoms with Gasteiger partial charge in [0, 0.05) is 49.9 Å². The summed E-state index contributed by atoms with van der Waals surface area (Å²) in [5.41, 5.74) is 6.79. The van der Waals surface area contributed by atoms with E-state index in [1.54, 1.807) is 16.9 Å². The second-order valence-corrected chi connectivity index (χ2v) is 7.41. The van der Waals surface area contributed by atoms with Crippen LogP contribution in [0.2, 0.25) is 0 Å². The molecule has 0 bridgehead atoms. The lowest BCUT2D eigenvalue weighted by atomic mass is 10.0. The van der Waals surface area contributed by atoms with Gasteiger partial charge in [0.05, 0.1) is 28.8 Å². The maximum atomic E-state index is 13.3. The molecule has 0 unspecified atom stereocenters. The Hall–Kier alpha value is -3.48. The predicted molar refractivity (Wildman–Crippen MR) is 110 cm³/mol. The molecule has 0 saturated heterocycles. The van der Waals surface area contributed by atoms with Gasteiger partial charge in [-0.1, -0.05) is 30.3 Å². The normalized spacial score (nSPS) is 14.1. The van der Waals surface area contributed by atoms with Gasteiger partial charge in [-0.15, -0.1) is 0 Å². The highest BCUT2D eigenvalue weighted by molar-refractivity contribution is 5.95. The van der Waals surface area contributed by atoms with E-state index in [0.717, 1.165) is 41.1 Å². The van der Waals surface area contributed by atoms with Crippen molar-refractivity contribution in [1.29, 1.82) is 0 Å². The molecule has 1 aliphatic heterocycles. The van der Waals surface area contributed by atoms with Crippen LogP contribution < -0.4 is 0 Å². The fraction of sp³-hybridized carbons (Fsp3) is 0.273. The molecule has 0 spiro atoms. The molecule has 3 aromatic heterocycles. The molecule has 1 amide bonds. The van der Waals surface area contributed by atoms with E-state index in [-0.39, 0.29) is 5.91 Å². The first kappa shape index (κ1) is 17.6. The number of carbonyl (C=O) groups is 1. The van der Waals surface area contributed by atoms with Gasteiger partial charge >= 0.3 is 0 Å². The second-order valence-electron chi connectivity index (χ2n) is 7.41. The summed E-state index contributed by atoms with van der Waals surface area (Å²) in [6.07, 6.45) is 4.90. The highest BCUT2D eigenvalue weighted by atomic mass is 16.2. The zero-order valence-corrected chi connectivity index (χ0v) is 16.5. The van der Waals surface area contributed by atoms with Gasteiger partial charge in [0.1, 0.15) is 0 Å². The Morgan fingerprint density at radius 1 is 1.07 bits per heavy atom. The minimum atomic E-state index is 0.00295. The van der Waals surface area contributed by atoms with Crippen molar-refractivity contribution in [2.75, 3.05) is 13.1 Å². The van der Waals surface area contributed by atoms with Crippen molar-refractivity contribution in [3.8, 4) is 11.3 Å². The number of benzene rings is 1. The minimum absolute atomic E-state index is 0.00295. The van der Waals surface area contributed by atoms with Crippen molar-refractivity contribution < 1.29 is 4.79 Å². The zero-order chi connectivity index (χ0) is 20.0. The van der Waals surface area contributed by atoms with Crippen LogP contribution in [-0.2, 0) is 19.9 Å². The number of hydrogen-bond acceptors (Lipinski definition) is 4. The third-order valence-electron chi connectivity index (χ3n) is 5.70. The molecule has 0 radical (unpaired) electrons. The van der Waals surface area contributed by atoms with Crippen LogP contribution in [0, 0.1) is 6.92 Å². The van der Waals surface area contributed by atoms with Gasteiger partial charge in [-0.2, -0.15) is 10.2 Å². The molecule has 4 heterocycles. The van der Waals surface area contributed by atoms with Crippen molar-refractivity contribution in [2.45, 2.75) is 19.8 Å². The molecular formula is C22H22N6O. The van der Waals surface area contributed by atoms with E-state index in [9.17, 15) is 4.79 Å². The summed E-state index contributed by atoms with van der Waals surface area (Å²) in [5, 5.41) is 9.03. The molecule has 0 aliphatic carbocycles. The number of hydrogen-bond donors (Lipinski definition) is 0. The monoisotopic (exact) mass is 386 g/mol. The Kier molecular flexibility index (Phi) is 4.16. The second kappa shape index (κ2) is 6.84. The molecule has 146 valence electrons. The largest absolute Gasteiger partial charge is 0.338 e. The quantitative estimate of drug-likeness (QED) is 0.531. The van der Waals surface area contributed by atoms with Crippen molar-refractivity contribution in [3.05, 3.63) is 71.3 Å². The topological polar surface area (TPSA) is 68.3 Å². The van der Waals surface area contributed by atoms with Crippen LogP contribution in [0.1, 0.15) is 27.3 Å². The van der Waals surface area contributed by atoms with Crippen LogP contribution in [0.25, 0.3) is 16.9 Å². The van der Waals surface area contributed by atoms with Crippen LogP contribution in [-0.4, -0.2) is 48.3 Å². The number of aryl methyl sites for hydroxylation is 2. The molecule has 5 rings (SSSR count). The standard InChI is InChI=1S/C22H22N6O/c1-15-18(14-23-20-8-11-24-28(15)20)22(29)27-12-9-17-19(10-13-27)25-26(2)21(17)16-6-4-3-5-7-16/h3-8,11,14H,9-10,12-13H2,1-2H3. The SMILES string of the molecule is Cc1c(C(=O)N2CCc3nn(C)c(-c4ccccc4)c3CC2)cnc2ccnn12. The van der Waals surface area contributed by atoms with Crippen molar-refractivity contribution in [1.82, 2.24) is 29.3 Å². The smallest absolute Gasteiger partial charge is 0.257 e. The van der Waals surface area contributed by atoms with Crippen LogP contribution in [0.4, 0.5) is 0 Å². The Bertz CT molecular complexity index is 1210. The predicted octanol–water partition coefficient (Wildman–Crippen LogP) is 2.68. The fourth-order valence-electron chi connectivity index (χ4n) is 4.22. The van der Waals surface area contributed by atoms with E-state index in [0.29, 0.717) is 18.7 Å². The lowest BCUT2D eigenvalue weighted by Crippen LogP contribution is -2.34. The van der Waals surface area contributed by atoms with Gasteiger partial charge in [0.25, 0.3) is 5.91 Å². The summed E-state index contributed by atoms with van der Waals surface area (Å²) in [6, 6.07) is 12.2. The van der Waals surface area contributed by atoms with Crippen molar-refractivity contribution in [3.63, 3.8) is 0 Å². The van der Waals surface area contributed by atoms with Gasteiger partial charge in [-0.3, -0.25) is 9.48 Å². The number of rotatable bonds is 2. The summed E-state index contributed by atoms with van der Waals surface area (Å²) in [5.74, 6) is 0.00295. The molecular weight excluding hydrogens is 364 g/mol. The van der Waals surface area contributed by atoms with Crippen molar-refractivity contribution in [2.24, 2.45) is 7.05 Å². The molecule has 0 N–H and O–H groups in total. The first-order chi connectivity index (χ1) is 14.1. The number of nitrogens with zero attached hydrogens (tertiary/aromatic N) is 6. The number of fused-ring (bicyclic) bond motifs is 2. The highest BCUT2D eigenvalue weighted by Crippen LogP contribution is 2.28. The lowest BCUT2D eigenvalue weighted by molar-refractivity contribution is 0.0760. The molecule has 0 fully saturated rings. The molecule has 4 aromatic rings. The zero-order valence-electron chi connectivity index (χ0n) is 16.5. The van der Waals surface area contributed by atoms with Crippen LogP contribution in [0.15, 0.2) is 48.8 Å². The van der Waals surface area contributed by atoms with Crippen LogP contribution >= 0.6 is 0 Å². The van der Waals surface area contributed by atoms with Gasteiger partial charge in [-0.25, -0.2) is 9.50 Å². The first-order valence-electron chi connectivity index (χ1n) is 9.82. The van der Waals surface area contributed by atoms with E-state index in [1.165, 1.54) is 5.56 Å². The van der Waals surface area contributed by atoms with E-state index in [2.05, 4.69) is 22.2 Å². The van der Waals surface area contributed by atoms with Crippen molar-refractivity contribution >= 4 is 11.6 Å². The van der Waals surface area contributed by atoms with Crippen LogP contribution in [0.5, 0.6) is 0 Å². The first-order valence-corrected chi connectivity index (χ1v) is 9.82. The number of carbonyl (C=O) groups excluding carboxylic acids is 1. The van der Waals surface area contributed by atoms with Gasteiger partial charge < -0.3 is 4.90 Å². The molecule has 0 saturated carbocycles. The fourth-order valence-corrected chi connectivity index (χ4v) is 4.22. The van der Waals surface area contributed by atoms with E-state index in [1.807, 2.05) is 47.8 Å². The molecule has 7 heteroatoms. The average Bonchev–Trinajstić information content (AvgIpc) is 3.28. The lowest BCUT2D eigenvalue weighted by Gasteiger charge is -2.21. The highest BCUT2D eigenvalue weighted by Gasteiger charge is 2.26. The summed E-state index contributed by atoms with van der Waals surface area (Å²) in [7, 11) is 1.99. The summed E-state index contributed by atoms with van der Waals surface area (Å²) in [4.78, 5) is 19.5. The number of amides is 1. The Morgan fingerprint density at radius 3 is 2.69 bits per heavy atom. The average molecular weight is 386 g/mol. The van der Waals surface area contributed by atoms with E-state index in [4.69, 9.17) is 5.10 Å². The number of aromatic nitrogens is 5. The summed E-state index contributed by atoms with van der Waals surface area (Å²) in [6.45, 7) is 3.22. The molecule has 29 heavy (non-hydrogen) atoms. The van der Waals surface area contributed by atoms with Gasteiger partial charge in [-0.05, 0) is 13.3 Å². The summed E-state index contributed by atoms with van der Waals surface area (Å²) >= 11 is 0. The Morgan fingerprint density at radius 2 is 1.86 bits per heavy atom. The molecule has 1 aliphatic rings. The van der Waals surface area contributed by atoms with E-state index >= 15 is 0 Å². The molecule has 0 atom stereocenters. The van der Waals surface area contributed by atoms with E-state index < -0.39 is 0 Å². The third kappa shape index (κ3) is 2.90. The maximum absolute atomic E-state index is 13.3. The van der Waals surface area contributed by atoms with Gasteiger partial charge in [0.15, 0.2) is 5.65 Å².